The molecule has 1 aromatic carbocycles. The Morgan fingerprint density at radius 3 is 2.42 bits per heavy atom. The molecule has 1 aliphatic rings. The summed E-state index contributed by atoms with van der Waals surface area (Å²) >= 11 is 3.36. The molecule has 2 N–H and O–H groups in total. The van der Waals surface area contributed by atoms with Crippen molar-refractivity contribution in [2.24, 2.45) is 0 Å². The van der Waals surface area contributed by atoms with Gasteiger partial charge in [0.1, 0.15) is 17.1 Å². The van der Waals surface area contributed by atoms with E-state index in [1.807, 2.05) is 0 Å². The number of alkyl halides is 1. The maximum Gasteiger partial charge on any atom is 0.261 e. The average Bonchev–Trinajstić information content (AvgIpc) is 2.31. The molecule has 0 radical (unpaired) electrons. The minimum atomic E-state index is -0.277. The van der Waals surface area contributed by atoms with Gasteiger partial charge in [0.05, 0.1) is 0 Å². The first-order valence-electron chi connectivity index (χ1n) is 6.53. The second-order valence-electron chi connectivity index (χ2n) is 4.80. The summed E-state index contributed by atoms with van der Waals surface area (Å²) in [5.41, 5.74) is 0.0176. The van der Waals surface area contributed by atoms with Crippen LogP contribution in [0.3, 0.4) is 0 Å². The zero-order chi connectivity index (χ0) is 13.8. The molecular weight excluding hydrogens is 310 g/mol. The summed E-state index contributed by atoms with van der Waals surface area (Å²) in [5, 5.41) is 20.4. The van der Waals surface area contributed by atoms with Crippen LogP contribution in [0.4, 0.5) is 0 Å². The molecule has 0 saturated heterocycles. The van der Waals surface area contributed by atoms with E-state index < -0.39 is 0 Å². The van der Waals surface area contributed by atoms with Crippen LogP contribution in [0.15, 0.2) is 18.2 Å². The highest BCUT2D eigenvalue weighted by atomic mass is 79.9. The van der Waals surface area contributed by atoms with Gasteiger partial charge in [-0.15, -0.1) is 0 Å². The standard InChI is InChI=1S/C14H18BrNO3/c15-8-3-9-16(10-4-1-5-10)14(19)13-11(17)6-2-7-12(13)18/h2,6-7,10,17-18H,1,3-5,8-9H2. The second kappa shape index (κ2) is 6.28. The Bertz CT molecular complexity index is 440. The van der Waals surface area contributed by atoms with Crippen LogP contribution < -0.4 is 0 Å². The maximum atomic E-state index is 12.5. The lowest BCUT2D eigenvalue weighted by atomic mass is 9.90. The van der Waals surface area contributed by atoms with Gasteiger partial charge in [-0.1, -0.05) is 22.0 Å². The van der Waals surface area contributed by atoms with E-state index in [1.54, 1.807) is 4.90 Å². The van der Waals surface area contributed by atoms with Crippen LogP contribution in [0.1, 0.15) is 36.0 Å². The van der Waals surface area contributed by atoms with Gasteiger partial charge < -0.3 is 15.1 Å². The van der Waals surface area contributed by atoms with E-state index >= 15 is 0 Å². The van der Waals surface area contributed by atoms with E-state index in [1.165, 1.54) is 18.2 Å². The molecular formula is C14H18BrNO3. The number of carbonyl (C=O) groups excluding carboxylic acids is 1. The van der Waals surface area contributed by atoms with Gasteiger partial charge in [0, 0.05) is 17.9 Å². The topological polar surface area (TPSA) is 60.8 Å². The van der Waals surface area contributed by atoms with Crippen molar-refractivity contribution in [2.45, 2.75) is 31.7 Å². The zero-order valence-electron chi connectivity index (χ0n) is 10.7. The number of amides is 1. The van der Waals surface area contributed by atoms with Crippen molar-refractivity contribution < 1.29 is 15.0 Å². The summed E-state index contributed by atoms with van der Waals surface area (Å²) < 4.78 is 0. The molecule has 0 unspecified atom stereocenters. The Morgan fingerprint density at radius 1 is 1.32 bits per heavy atom. The van der Waals surface area contributed by atoms with Gasteiger partial charge in [-0.25, -0.2) is 0 Å². The molecule has 0 bridgehead atoms. The van der Waals surface area contributed by atoms with E-state index in [2.05, 4.69) is 15.9 Å². The molecule has 0 spiro atoms. The number of halogens is 1. The monoisotopic (exact) mass is 327 g/mol. The van der Waals surface area contributed by atoms with E-state index in [4.69, 9.17) is 0 Å². The second-order valence-corrected chi connectivity index (χ2v) is 5.59. The molecule has 1 aliphatic carbocycles. The zero-order valence-corrected chi connectivity index (χ0v) is 12.3. The molecule has 0 atom stereocenters. The van der Waals surface area contributed by atoms with Crippen molar-refractivity contribution in [1.82, 2.24) is 4.90 Å². The molecule has 4 nitrogen and oxygen atoms in total. The largest absolute Gasteiger partial charge is 0.507 e. The van der Waals surface area contributed by atoms with Gasteiger partial charge in [-0.05, 0) is 37.8 Å². The number of phenolic OH excluding ortho intramolecular Hbond substituents is 2. The summed E-state index contributed by atoms with van der Waals surface area (Å²) in [4.78, 5) is 14.3. The fourth-order valence-corrected chi connectivity index (χ4v) is 2.52. The Hall–Kier alpha value is -1.23. The lowest BCUT2D eigenvalue weighted by Crippen LogP contribution is -2.44. The third kappa shape index (κ3) is 3.03. The minimum Gasteiger partial charge on any atom is -0.507 e. The van der Waals surface area contributed by atoms with Gasteiger partial charge in [-0.2, -0.15) is 0 Å². The van der Waals surface area contributed by atoms with Crippen LogP contribution in [-0.2, 0) is 0 Å². The van der Waals surface area contributed by atoms with Crippen molar-refractivity contribution in [2.75, 3.05) is 11.9 Å². The van der Waals surface area contributed by atoms with E-state index in [9.17, 15) is 15.0 Å². The van der Waals surface area contributed by atoms with Crippen LogP contribution in [-0.4, -0.2) is 38.9 Å². The van der Waals surface area contributed by atoms with Crippen LogP contribution in [0, 0.1) is 0 Å². The third-order valence-electron chi connectivity index (χ3n) is 3.54. The van der Waals surface area contributed by atoms with Crippen LogP contribution >= 0.6 is 15.9 Å². The van der Waals surface area contributed by atoms with Crippen LogP contribution in [0.5, 0.6) is 11.5 Å². The Labute approximate surface area is 121 Å². The lowest BCUT2D eigenvalue weighted by Gasteiger charge is -2.37. The van der Waals surface area contributed by atoms with Gasteiger partial charge in [0.2, 0.25) is 0 Å². The normalized spacial score (nSPS) is 15.0. The van der Waals surface area contributed by atoms with Gasteiger partial charge in [0.15, 0.2) is 0 Å². The minimum absolute atomic E-state index is 0.0176. The third-order valence-corrected chi connectivity index (χ3v) is 4.10. The molecule has 19 heavy (non-hydrogen) atoms. The predicted octanol–water partition coefficient (Wildman–Crippen LogP) is 2.88. The van der Waals surface area contributed by atoms with E-state index in [0.717, 1.165) is 31.0 Å². The highest BCUT2D eigenvalue weighted by Crippen LogP contribution is 2.32. The van der Waals surface area contributed by atoms with Gasteiger partial charge in [0.25, 0.3) is 5.91 Å². The fraction of sp³-hybridized carbons (Fsp3) is 0.500. The molecule has 1 amide bonds. The first-order chi connectivity index (χ1) is 9.15. The molecule has 0 aliphatic heterocycles. The summed E-state index contributed by atoms with van der Waals surface area (Å²) in [6.45, 7) is 0.641. The summed E-state index contributed by atoms with van der Waals surface area (Å²) in [7, 11) is 0. The molecule has 1 fully saturated rings. The number of aromatic hydroxyl groups is 2. The molecule has 104 valence electrons. The van der Waals surface area contributed by atoms with Crippen molar-refractivity contribution in [3.05, 3.63) is 23.8 Å². The number of phenols is 2. The summed E-state index contributed by atoms with van der Waals surface area (Å²) in [5.74, 6) is -0.595. The Kier molecular flexibility index (Phi) is 4.69. The molecule has 2 rings (SSSR count). The van der Waals surface area contributed by atoms with Gasteiger partial charge in [-0.3, -0.25) is 4.79 Å². The van der Waals surface area contributed by atoms with Crippen molar-refractivity contribution >= 4 is 21.8 Å². The number of rotatable bonds is 5. The Morgan fingerprint density at radius 2 is 1.95 bits per heavy atom. The average molecular weight is 328 g/mol. The van der Waals surface area contributed by atoms with Crippen molar-refractivity contribution in [3.63, 3.8) is 0 Å². The van der Waals surface area contributed by atoms with Crippen molar-refractivity contribution in [3.8, 4) is 11.5 Å². The Balaban J connectivity index is 2.22. The molecule has 1 aromatic rings. The fourth-order valence-electron chi connectivity index (χ4n) is 2.27. The number of nitrogens with zero attached hydrogens (tertiary/aromatic N) is 1. The summed E-state index contributed by atoms with van der Waals surface area (Å²) in [6.07, 6.45) is 4.00. The number of benzene rings is 1. The first kappa shape index (κ1) is 14.2. The molecule has 1 saturated carbocycles. The highest BCUT2D eigenvalue weighted by molar-refractivity contribution is 9.09. The van der Waals surface area contributed by atoms with E-state index in [0.29, 0.717) is 6.54 Å². The smallest absolute Gasteiger partial charge is 0.261 e. The summed E-state index contributed by atoms with van der Waals surface area (Å²) in [6, 6.07) is 4.62. The number of carbonyl (C=O) groups is 1. The SMILES string of the molecule is O=C(c1c(O)cccc1O)N(CCCBr)C1CCC1. The number of hydrogen-bond acceptors (Lipinski definition) is 3. The van der Waals surface area contributed by atoms with Crippen molar-refractivity contribution in [1.29, 1.82) is 0 Å². The predicted molar refractivity (Wildman–Crippen MR) is 76.9 cm³/mol. The lowest BCUT2D eigenvalue weighted by molar-refractivity contribution is 0.0575. The molecule has 0 heterocycles. The van der Waals surface area contributed by atoms with E-state index in [-0.39, 0.29) is 29.0 Å². The highest BCUT2D eigenvalue weighted by Gasteiger charge is 2.31. The number of hydrogen-bond donors (Lipinski definition) is 2. The quantitative estimate of drug-likeness (QED) is 0.817. The molecule has 0 aromatic heterocycles. The maximum absolute atomic E-state index is 12.5. The molecule has 5 heteroatoms. The van der Waals surface area contributed by atoms with Gasteiger partial charge >= 0.3 is 0 Å². The first-order valence-corrected chi connectivity index (χ1v) is 7.65. The van der Waals surface area contributed by atoms with Crippen LogP contribution in [0.2, 0.25) is 0 Å². The van der Waals surface area contributed by atoms with Crippen LogP contribution in [0.25, 0.3) is 0 Å².